The zero-order valence-electron chi connectivity index (χ0n) is 9.72. The first-order valence-corrected chi connectivity index (χ1v) is 6.91. The molecule has 16 heavy (non-hydrogen) atoms. The SMILES string of the molecule is CCC1CCC(C(NN)c2csnn2)CC1. The van der Waals surface area contributed by atoms with Gasteiger partial charge in [-0.05, 0) is 36.2 Å². The molecule has 1 saturated carbocycles. The van der Waals surface area contributed by atoms with Crippen LogP contribution in [-0.2, 0) is 0 Å². The van der Waals surface area contributed by atoms with Gasteiger partial charge in [-0.3, -0.25) is 11.3 Å². The molecule has 90 valence electrons. The largest absolute Gasteiger partial charge is 0.271 e. The third kappa shape index (κ3) is 2.59. The predicted octanol–water partition coefficient (Wildman–Crippen LogP) is 2.26. The van der Waals surface area contributed by atoms with Crippen molar-refractivity contribution in [2.24, 2.45) is 17.7 Å². The van der Waals surface area contributed by atoms with Gasteiger partial charge in [-0.25, -0.2) is 0 Å². The topological polar surface area (TPSA) is 63.8 Å². The minimum absolute atomic E-state index is 0.191. The second-order valence-corrected chi connectivity index (χ2v) is 5.27. The van der Waals surface area contributed by atoms with E-state index < -0.39 is 0 Å². The Hall–Kier alpha value is -0.520. The summed E-state index contributed by atoms with van der Waals surface area (Å²) < 4.78 is 3.91. The molecule has 4 nitrogen and oxygen atoms in total. The number of nitrogens with zero attached hydrogens (tertiary/aromatic N) is 2. The van der Waals surface area contributed by atoms with Crippen molar-refractivity contribution in [1.82, 2.24) is 15.0 Å². The Kier molecular flexibility index (Phi) is 4.26. The summed E-state index contributed by atoms with van der Waals surface area (Å²) in [6.45, 7) is 2.29. The predicted molar refractivity (Wildman–Crippen MR) is 65.7 cm³/mol. The lowest BCUT2D eigenvalue weighted by Gasteiger charge is -2.32. The average Bonchev–Trinajstić information content (AvgIpc) is 2.85. The van der Waals surface area contributed by atoms with Crippen LogP contribution in [0.15, 0.2) is 5.38 Å². The normalized spacial score (nSPS) is 27.9. The third-order valence-electron chi connectivity index (χ3n) is 3.82. The van der Waals surface area contributed by atoms with Crippen molar-refractivity contribution in [2.45, 2.75) is 45.1 Å². The molecule has 0 radical (unpaired) electrons. The number of hydrogen-bond donors (Lipinski definition) is 2. The molecule has 0 amide bonds. The monoisotopic (exact) mass is 240 g/mol. The van der Waals surface area contributed by atoms with Crippen LogP contribution in [-0.4, -0.2) is 9.59 Å². The highest BCUT2D eigenvalue weighted by Gasteiger charge is 2.28. The van der Waals surface area contributed by atoms with Crippen LogP contribution >= 0.6 is 11.5 Å². The molecule has 0 aliphatic heterocycles. The molecule has 5 heteroatoms. The molecule has 0 bridgehead atoms. The van der Waals surface area contributed by atoms with Crippen molar-refractivity contribution in [2.75, 3.05) is 0 Å². The minimum atomic E-state index is 0.191. The van der Waals surface area contributed by atoms with E-state index >= 15 is 0 Å². The van der Waals surface area contributed by atoms with Crippen LogP contribution in [0.3, 0.4) is 0 Å². The summed E-state index contributed by atoms with van der Waals surface area (Å²) in [5, 5.41) is 6.12. The molecule has 1 atom stereocenters. The van der Waals surface area contributed by atoms with Crippen LogP contribution in [0.4, 0.5) is 0 Å². The van der Waals surface area contributed by atoms with Crippen molar-refractivity contribution in [3.05, 3.63) is 11.1 Å². The summed E-state index contributed by atoms with van der Waals surface area (Å²) in [5.74, 6) is 7.19. The Morgan fingerprint density at radius 2 is 2.25 bits per heavy atom. The molecular weight excluding hydrogens is 220 g/mol. The second-order valence-electron chi connectivity index (χ2n) is 4.66. The van der Waals surface area contributed by atoms with E-state index in [1.807, 2.05) is 5.38 Å². The Labute approximate surface area is 101 Å². The number of nitrogens with one attached hydrogen (secondary N) is 1. The molecule has 0 aromatic carbocycles. The van der Waals surface area contributed by atoms with E-state index in [9.17, 15) is 0 Å². The van der Waals surface area contributed by atoms with Gasteiger partial charge < -0.3 is 0 Å². The fourth-order valence-corrected chi connectivity index (χ4v) is 3.19. The molecule has 1 unspecified atom stereocenters. The number of nitrogens with two attached hydrogens (primary N) is 1. The first-order valence-electron chi connectivity index (χ1n) is 6.08. The zero-order valence-corrected chi connectivity index (χ0v) is 10.5. The second kappa shape index (κ2) is 5.70. The van der Waals surface area contributed by atoms with E-state index in [1.165, 1.54) is 43.6 Å². The number of hydrogen-bond acceptors (Lipinski definition) is 5. The van der Waals surface area contributed by atoms with E-state index in [2.05, 4.69) is 21.9 Å². The van der Waals surface area contributed by atoms with Gasteiger partial charge in [-0.2, -0.15) is 0 Å². The minimum Gasteiger partial charge on any atom is -0.271 e. The summed E-state index contributed by atoms with van der Waals surface area (Å²) in [6, 6.07) is 0.191. The maximum atomic E-state index is 5.65. The smallest absolute Gasteiger partial charge is 0.0941 e. The molecule has 1 aromatic rings. The first-order chi connectivity index (χ1) is 7.85. The highest BCUT2D eigenvalue weighted by atomic mass is 32.1. The Balaban J connectivity index is 1.96. The number of rotatable bonds is 4. The van der Waals surface area contributed by atoms with Crippen molar-refractivity contribution in [3.63, 3.8) is 0 Å². The lowest BCUT2D eigenvalue weighted by atomic mass is 9.77. The van der Waals surface area contributed by atoms with Gasteiger partial charge in [0.25, 0.3) is 0 Å². The number of hydrazine groups is 1. The van der Waals surface area contributed by atoms with Gasteiger partial charge in [0.05, 0.1) is 11.7 Å². The molecular formula is C11H20N4S. The summed E-state index contributed by atoms with van der Waals surface area (Å²) >= 11 is 1.40. The summed E-state index contributed by atoms with van der Waals surface area (Å²) in [7, 11) is 0. The summed E-state index contributed by atoms with van der Waals surface area (Å²) in [5.41, 5.74) is 3.92. The van der Waals surface area contributed by atoms with Gasteiger partial charge in [0.15, 0.2) is 0 Å². The van der Waals surface area contributed by atoms with Crippen LogP contribution in [0.2, 0.25) is 0 Å². The van der Waals surface area contributed by atoms with Crippen LogP contribution in [0.25, 0.3) is 0 Å². The first kappa shape index (κ1) is 12.0. The third-order valence-corrected chi connectivity index (χ3v) is 4.34. The number of aromatic nitrogens is 2. The average molecular weight is 240 g/mol. The van der Waals surface area contributed by atoms with Crippen LogP contribution in [0.1, 0.15) is 50.8 Å². The van der Waals surface area contributed by atoms with E-state index in [-0.39, 0.29) is 6.04 Å². The lowest BCUT2D eigenvalue weighted by molar-refractivity contribution is 0.217. The van der Waals surface area contributed by atoms with Gasteiger partial charge in [0, 0.05) is 5.38 Å². The van der Waals surface area contributed by atoms with E-state index in [4.69, 9.17) is 5.84 Å². The van der Waals surface area contributed by atoms with Crippen molar-refractivity contribution < 1.29 is 0 Å². The molecule has 2 rings (SSSR count). The van der Waals surface area contributed by atoms with Gasteiger partial charge in [-0.15, -0.1) is 5.10 Å². The molecule has 0 saturated heterocycles. The van der Waals surface area contributed by atoms with Gasteiger partial charge in [0.2, 0.25) is 0 Å². The summed E-state index contributed by atoms with van der Waals surface area (Å²) in [4.78, 5) is 0. The maximum Gasteiger partial charge on any atom is 0.0941 e. The standard InChI is InChI=1S/C11H20N4S/c1-2-8-3-5-9(6-4-8)11(13-12)10-7-16-15-14-10/h7-9,11,13H,2-6,12H2,1H3. The highest BCUT2D eigenvalue weighted by molar-refractivity contribution is 7.03. The molecule has 1 fully saturated rings. The van der Waals surface area contributed by atoms with Crippen molar-refractivity contribution in [3.8, 4) is 0 Å². The van der Waals surface area contributed by atoms with Gasteiger partial charge >= 0.3 is 0 Å². The van der Waals surface area contributed by atoms with Gasteiger partial charge in [0.1, 0.15) is 0 Å². The van der Waals surface area contributed by atoms with E-state index in [0.717, 1.165) is 11.6 Å². The maximum absolute atomic E-state index is 5.65. The van der Waals surface area contributed by atoms with Crippen molar-refractivity contribution >= 4 is 11.5 Å². The molecule has 1 heterocycles. The summed E-state index contributed by atoms with van der Waals surface area (Å²) in [6.07, 6.45) is 6.48. The quantitative estimate of drug-likeness (QED) is 0.626. The van der Waals surface area contributed by atoms with Crippen molar-refractivity contribution in [1.29, 1.82) is 0 Å². The Morgan fingerprint density at radius 1 is 1.50 bits per heavy atom. The van der Waals surface area contributed by atoms with Crippen LogP contribution < -0.4 is 11.3 Å². The fraction of sp³-hybridized carbons (Fsp3) is 0.818. The Morgan fingerprint density at radius 3 is 2.75 bits per heavy atom. The molecule has 3 N–H and O–H groups in total. The molecule has 0 spiro atoms. The Bertz CT molecular complexity index is 293. The van der Waals surface area contributed by atoms with Crippen LogP contribution in [0.5, 0.6) is 0 Å². The molecule has 1 aliphatic rings. The van der Waals surface area contributed by atoms with Crippen LogP contribution in [0, 0.1) is 11.8 Å². The lowest BCUT2D eigenvalue weighted by Crippen LogP contribution is -2.35. The van der Waals surface area contributed by atoms with E-state index in [0.29, 0.717) is 5.92 Å². The molecule has 1 aliphatic carbocycles. The molecule has 1 aromatic heterocycles. The van der Waals surface area contributed by atoms with E-state index in [1.54, 1.807) is 0 Å². The zero-order chi connectivity index (χ0) is 11.4. The highest BCUT2D eigenvalue weighted by Crippen LogP contribution is 2.37. The van der Waals surface area contributed by atoms with Gasteiger partial charge in [-0.1, -0.05) is 30.7 Å². The fourth-order valence-electron chi connectivity index (χ4n) is 2.70.